The molecule has 13 heavy (non-hydrogen) atoms. The molecule has 68 valence electrons. The summed E-state index contributed by atoms with van der Waals surface area (Å²) in [6.07, 6.45) is 1.46. The number of nitrogens with zero attached hydrogens (tertiary/aromatic N) is 2. The van der Waals surface area contributed by atoms with Gasteiger partial charge >= 0.3 is 0 Å². The first-order valence-electron chi connectivity index (χ1n) is 5.01. The van der Waals surface area contributed by atoms with E-state index in [1.165, 1.54) is 25.3 Å². The third-order valence-electron chi connectivity index (χ3n) is 3.18. The van der Waals surface area contributed by atoms with Gasteiger partial charge in [0.25, 0.3) is 0 Å². The van der Waals surface area contributed by atoms with Crippen molar-refractivity contribution in [2.45, 2.75) is 13.3 Å². The molecule has 2 nitrogen and oxygen atoms in total. The van der Waals surface area contributed by atoms with E-state index in [2.05, 4.69) is 35.0 Å². The van der Waals surface area contributed by atoms with Gasteiger partial charge in [0.1, 0.15) is 5.82 Å². The molecule has 1 aliphatic heterocycles. The molecule has 1 aromatic rings. The number of pyridine rings is 1. The molecule has 1 aromatic heterocycles. The first kappa shape index (κ1) is 7.36. The number of fused-ring (bicyclic) bond motifs is 1. The lowest BCUT2D eigenvalue weighted by Gasteiger charge is -2.18. The Balaban J connectivity index is 1.84. The lowest BCUT2D eigenvalue weighted by molar-refractivity contribution is 0.803. The predicted octanol–water partition coefficient (Wildman–Crippen LogP) is 1.85. The van der Waals surface area contributed by atoms with Crippen molar-refractivity contribution < 1.29 is 0 Å². The largest absolute Gasteiger partial charge is 0.356 e. The minimum atomic E-state index is 0.988. The number of aromatic nitrogens is 1. The van der Waals surface area contributed by atoms with Crippen molar-refractivity contribution in [1.29, 1.82) is 0 Å². The lowest BCUT2D eigenvalue weighted by atomic mass is 10.3. The van der Waals surface area contributed by atoms with Gasteiger partial charge in [0.05, 0.1) is 0 Å². The maximum Gasteiger partial charge on any atom is 0.128 e. The smallest absolute Gasteiger partial charge is 0.128 e. The average molecular weight is 174 g/mol. The summed E-state index contributed by atoms with van der Waals surface area (Å²) in [4.78, 5) is 6.96. The molecule has 2 unspecified atom stereocenters. The Morgan fingerprint density at radius 1 is 1.31 bits per heavy atom. The summed E-state index contributed by atoms with van der Waals surface area (Å²) in [5.41, 5.74) is 1.12. The normalized spacial score (nSPS) is 30.4. The Labute approximate surface area is 78.6 Å². The van der Waals surface area contributed by atoms with Crippen LogP contribution in [0, 0.1) is 18.8 Å². The molecule has 1 saturated heterocycles. The highest BCUT2D eigenvalue weighted by atomic mass is 15.2. The molecule has 0 aromatic carbocycles. The average Bonchev–Trinajstić information content (AvgIpc) is 2.74. The van der Waals surface area contributed by atoms with Gasteiger partial charge in [-0.3, -0.25) is 0 Å². The molecule has 0 N–H and O–H groups in total. The Kier molecular flexibility index (Phi) is 1.40. The highest BCUT2D eigenvalue weighted by molar-refractivity contribution is 5.42. The molecule has 1 saturated carbocycles. The van der Waals surface area contributed by atoms with Crippen LogP contribution in [0.15, 0.2) is 18.2 Å². The number of rotatable bonds is 1. The molecule has 2 aliphatic rings. The van der Waals surface area contributed by atoms with Crippen LogP contribution in [0.5, 0.6) is 0 Å². The zero-order valence-corrected chi connectivity index (χ0v) is 7.90. The standard InChI is InChI=1S/C11H14N2/c1-8-3-2-4-11(12-8)13-6-9-5-10(9)7-13/h2-4,9-10H,5-7H2,1H3. The summed E-state index contributed by atoms with van der Waals surface area (Å²) in [5, 5.41) is 0. The van der Waals surface area contributed by atoms with Gasteiger partial charge in [0, 0.05) is 18.8 Å². The van der Waals surface area contributed by atoms with E-state index in [0.29, 0.717) is 0 Å². The van der Waals surface area contributed by atoms with E-state index in [1.54, 1.807) is 0 Å². The first-order chi connectivity index (χ1) is 6.33. The first-order valence-corrected chi connectivity index (χ1v) is 5.01. The van der Waals surface area contributed by atoms with Crippen LogP contribution < -0.4 is 4.90 Å². The van der Waals surface area contributed by atoms with Gasteiger partial charge in [-0.2, -0.15) is 0 Å². The van der Waals surface area contributed by atoms with E-state index >= 15 is 0 Å². The van der Waals surface area contributed by atoms with Gasteiger partial charge in [0.2, 0.25) is 0 Å². The van der Waals surface area contributed by atoms with Crippen LogP contribution in [0.1, 0.15) is 12.1 Å². The van der Waals surface area contributed by atoms with Gasteiger partial charge in [-0.15, -0.1) is 0 Å². The van der Waals surface area contributed by atoms with Gasteiger partial charge in [0.15, 0.2) is 0 Å². The van der Waals surface area contributed by atoms with E-state index in [-0.39, 0.29) is 0 Å². The van der Waals surface area contributed by atoms with Crippen molar-refractivity contribution in [2.24, 2.45) is 11.8 Å². The molecule has 0 radical (unpaired) electrons. The van der Waals surface area contributed by atoms with Crippen LogP contribution in [-0.2, 0) is 0 Å². The van der Waals surface area contributed by atoms with Crippen LogP contribution in [0.2, 0.25) is 0 Å². The minimum Gasteiger partial charge on any atom is -0.356 e. The molecule has 2 atom stereocenters. The van der Waals surface area contributed by atoms with Crippen molar-refractivity contribution in [2.75, 3.05) is 18.0 Å². The molecule has 0 bridgehead atoms. The summed E-state index contributed by atoms with van der Waals surface area (Å²) < 4.78 is 0. The fraction of sp³-hybridized carbons (Fsp3) is 0.545. The molecule has 3 rings (SSSR count). The number of hydrogen-bond acceptors (Lipinski definition) is 2. The van der Waals surface area contributed by atoms with Gasteiger partial charge < -0.3 is 4.90 Å². The summed E-state index contributed by atoms with van der Waals surface area (Å²) in [7, 11) is 0. The van der Waals surface area contributed by atoms with Crippen LogP contribution in [0.4, 0.5) is 5.82 Å². The van der Waals surface area contributed by atoms with Gasteiger partial charge in [-0.1, -0.05) is 6.07 Å². The number of aryl methyl sites for hydroxylation is 1. The highest BCUT2D eigenvalue weighted by Crippen LogP contribution is 2.45. The van der Waals surface area contributed by atoms with E-state index in [1.807, 2.05) is 0 Å². The van der Waals surface area contributed by atoms with E-state index < -0.39 is 0 Å². The van der Waals surface area contributed by atoms with Gasteiger partial charge in [-0.25, -0.2) is 4.98 Å². The minimum absolute atomic E-state index is 0.988. The van der Waals surface area contributed by atoms with Crippen molar-refractivity contribution in [3.05, 3.63) is 23.9 Å². The quantitative estimate of drug-likeness (QED) is 0.646. The van der Waals surface area contributed by atoms with Crippen LogP contribution in [-0.4, -0.2) is 18.1 Å². The molecule has 1 aliphatic carbocycles. The monoisotopic (exact) mass is 174 g/mol. The third kappa shape index (κ3) is 1.21. The van der Waals surface area contributed by atoms with E-state index in [0.717, 1.165) is 17.5 Å². The van der Waals surface area contributed by atoms with Crippen molar-refractivity contribution in [1.82, 2.24) is 4.98 Å². The summed E-state index contributed by atoms with van der Waals surface area (Å²) in [6.45, 7) is 4.53. The summed E-state index contributed by atoms with van der Waals surface area (Å²) in [5.74, 6) is 3.15. The van der Waals surface area contributed by atoms with Crippen LogP contribution >= 0.6 is 0 Å². The second kappa shape index (κ2) is 2.47. The molecule has 0 spiro atoms. The topological polar surface area (TPSA) is 16.1 Å². The van der Waals surface area contributed by atoms with Crippen LogP contribution in [0.25, 0.3) is 0 Å². The fourth-order valence-corrected chi connectivity index (χ4v) is 2.29. The second-order valence-corrected chi connectivity index (χ2v) is 4.30. The molecular weight excluding hydrogens is 160 g/mol. The number of anilines is 1. The molecule has 0 amide bonds. The summed E-state index contributed by atoms with van der Waals surface area (Å²) >= 11 is 0. The number of piperidine rings is 1. The number of hydrogen-bond donors (Lipinski definition) is 0. The summed E-state index contributed by atoms with van der Waals surface area (Å²) in [6, 6.07) is 6.28. The Hall–Kier alpha value is -1.05. The third-order valence-corrected chi connectivity index (χ3v) is 3.18. The molecule has 2 fully saturated rings. The van der Waals surface area contributed by atoms with E-state index in [9.17, 15) is 0 Å². The molecular formula is C11H14N2. The second-order valence-electron chi connectivity index (χ2n) is 4.30. The van der Waals surface area contributed by atoms with Crippen molar-refractivity contribution in [3.63, 3.8) is 0 Å². The Bertz CT molecular complexity index is 325. The zero-order valence-electron chi connectivity index (χ0n) is 7.90. The van der Waals surface area contributed by atoms with Crippen molar-refractivity contribution in [3.8, 4) is 0 Å². The maximum absolute atomic E-state index is 4.54. The maximum atomic E-state index is 4.54. The Morgan fingerprint density at radius 3 is 2.77 bits per heavy atom. The van der Waals surface area contributed by atoms with Crippen LogP contribution in [0.3, 0.4) is 0 Å². The highest BCUT2D eigenvalue weighted by Gasteiger charge is 2.45. The lowest BCUT2D eigenvalue weighted by Crippen LogP contribution is -2.22. The molecule has 2 heteroatoms. The SMILES string of the molecule is Cc1cccc(N2CC3CC3C2)n1. The van der Waals surface area contributed by atoms with Crippen molar-refractivity contribution >= 4 is 5.82 Å². The fourth-order valence-electron chi connectivity index (χ4n) is 2.29. The molecule has 2 heterocycles. The Morgan fingerprint density at radius 2 is 2.08 bits per heavy atom. The van der Waals surface area contributed by atoms with Gasteiger partial charge in [-0.05, 0) is 37.3 Å². The van der Waals surface area contributed by atoms with E-state index in [4.69, 9.17) is 0 Å². The predicted molar refractivity (Wildman–Crippen MR) is 52.8 cm³/mol. The zero-order chi connectivity index (χ0) is 8.84.